The first-order valence-corrected chi connectivity index (χ1v) is 7.33. The number of nitrogens with one attached hydrogen (secondary N) is 1. The van der Waals surface area contributed by atoms with E-state index in [0.717, 1.165) is 24.8 Å². The molecule has 114 valence electrons. The normalized spacial score (nSPS) is 15.9. The molecule has 3 rings (SSSR count). The average molecular weight is 319 g/mol. The van der Waals surface area contributed by atoms with E-state index in [1.54, 1.807) is 0 Å². The largest absolute Gasteiger partial charge is 0.334 e. The number of halogens is 1. The van der Waals surface area contributed by atoms with Gasteiger partial charge in [0.2, 0.25) is 5.82 Å². The standard InChI is InChI=1S/C15H15ClN4O2/c16-13-7-6-12(20(21)22)14(19-13)18-11-4-2-10(3-5-11)15(17)8-1-9-15/h2-7H,1,8-9,17H2,(H,18,19). The summed E-state index contributed by atoms with van der Waals surface area (Å²) in [4.78, 5) is 14.5. The van der Waals surface area contributed by atoms with E-state index in [1.807, 2.05) is 24.3 Å². The van der Waals surface area contributed by atoms with Crippen LogP contribution in [0.4, 0.5) is 17.2 Å². The lowest BCUT2D eigenvalue weighted by Crippen LogP contribution is -2.43. The van der Waals surface area contributed by atoms with Crippen LogP contribution in [0.5, 0.6) is 0 Å². The van der Waals surface area contributed by atoms with Gasteiger partial charge in [-0.05, 0) is 43.0 Å². The Labute approximate surface area is 132 Å². The van der Waals surface area contributed by atoms with E-state index in [9.17, 15) is 10.1 Å². The minimum Gasteiger partial charge on any atom is -0.334 e. The van der Waals surface area contributed by atoms with Crippen molar-refractivity contribution in [3.05, 3.63) is 57.2 Å². The molecule has 1 saturated carbocycles. The summed E-state index contributed by atoms with van der Waals surface area (Å²) in [6, 6.07) is 10.3. The second-order valence-corrected chi connectivity index (χ2v) is 5.86. The Morgan fingerprint density at radius 2 is 1.91 bits per heavy atom. The maximum Gasteiger partial charge on any atom is 0.311 e. The van der Waals surface area contributed by atoms with Crippen molar-refractivity contribution in [2.24, 2.45) is 5.73 Å². The molecular formula is C15H15ClN4O2. The Kier molecular flexibility index (Phi) is 3.72. The SMILES string of the molecule is NC1(c2ccc(Nc3nc(Cl)ccc3[N+](=O)[O-])cc2)CCC1. The van der Waals surface area contributed by atoms with E-state index in [0.29, 0.717) is 5.69 Å². The van der Waals surface area contributed by atoms with Crippen LogP contribution < -0.4 is 11.1 Å². The molecule has 0 radical (unpaired) electrons. The van der Waals surface area contributed by atoms with Crippen molar-refractivity contribution in [3.8, 4) is 0 Å². The zero-order valence-corrected chi connectivity index (χ0v) is 12.5. The summed E-state index contributed by atoms with van der Waals surface area (Å²) in [5.41, 5.74) is 7.71. The van der Waals surface area contributed by atoms with Crippen LogP contribution in [0.3, 0.4) is 0 Å². The van der Waals surface area contributed by atoms with Crippen molar-refractivity contribution in [2.75, 3.05) is 5.32 Å². The third-order valence-electron chi connectivity index (χ3n) is 4.00. The molecule has 1 heterocycles. The van der Waals surface area contributed by atoms with Gasteiger partial charge in [0.1, 0.15) is 5.15 Å². The van der Waals surface area contributed by atoms with Gasteiger partial charge in [-0.1, -0.05) is 23.7 Å². The number of pyridine rings is 1. The molecule has 6 nitrogen and oxygen atoms in total. The molecule has 0 saturated heterocycles. The fourth-order valence-electron chi connectivity index (χ4n) is 2.54. The molecule has 1 fully saturated rings. The molecule has 0 unspecified atom stereocenters. The fourth-order valence-corrected chi connectivity index (χ4v) is 2.68. The minimum atomic E-state index is -0.497. The summed E-state index contributed by atoms with van der Waals surface area (Å²) in [5.74, 6) is 0.122. The van der Waals surface area contributed by atoms with E-state index in [1.165, 1.54) is 12.1 Å². The molecule has 3 N–H and O–H groups in total. The van der Waals surface area contributed by atoms with Crippen LogP contribution in [0.1, 0.15) is 24.8 Å². The lowest BCUT2D eigenvalue weighted by molar-refractivity contribution is -0.384. The highest BCUT2D eigenvalue weighted by Gasteiger charge is 2.34. The predicted octanol–water partition coefficient (Wildman–Crippen LogP) is 3.72. The van der Waals surface area contributed by atoms with Crippen molar-refractivity contribution >= 4 is 28.8 Å². The summed E-state index contributed by atoms with van der Waals surface area (Å²) < 4.78 is 0. The van der Waals surface area contributed by atoms with Gasteiger partial charge in [-0.15, -0.1) is 0 Å². The van der Waals surface area contributed by atoms with Crippen molar-refractivity contribution in [1.29, 1.82) is 0 Å². The Morgan fingerprint density at radius 3 is 2.45 bits per heavy atom. The molecule has 1 aliphatic rings. The molecule has 0 spiro atoms. The van der Waals surface area contributed by atoms with Gasteiger partial charge in [0, 0.05) is 17.3 Å². The van der Waals surface area contributed by atoms with Gasteiger partial charge < -0.3 is 11.1 Å². The molecule has 1 aliphatic carbocycles. The highest BCUT2D eigenvalue weighted by molar-refractivity contribution is 6.29. The number of hydrogen-bond acceptors (Lipinski definition) is 5. The Morgan fingerprint density at radius 1 is 1.23 bits per heavy atom. The molecule has 7 heteroatoms. The number of aromatic nitrogens is 1. The van der Waals surface area contributed by atoms with Gasteiger partial charge >= 0.3 is 5.69 Å². The van der Waals surface area contributed by atoms with E-state index < -0.39 is 4.92 Å². The highest BCUT2D eigenvalue weighted by atomic mass is 35.5. The first-order valence-electron chi connectivity index (χ1n) is 6.95. The molecular weight excluding hydrogens is 304 g/mol. The monoisotopic (exact) mass is 318 g/mol. The second kappa shape index (κ2) is 5.55. The van der Waals surface area contributed by atoms with E-state index in [-0.39, 0.29) is 22.2 Å². The molecule has 22 heavy (non-hydrogen) atoms. The van der Waals surface area contributed by atoms with Gasteiger partial charge in [0.05, 0.1) is 4.92 Å². The summed E-state index contributed by atoms with van der Waals surface area (Å²) in [7, 11) is 0. The zero-order valence-electron chi connectivity index (χ0n) is 11.8. The van der Waals surface area contributed by atoms with E-state index >= 15 is 0 Å². The van der Waals surface area contributed by atoms with Gasteiger partial charge in [0.15, 0.2) is 0 Å². The van der Waals surface area contributed by atoms with Crippen molar-refractivity contribution in [3.63, 3.8) is 0 Å². The minimum absolute atomic E-state index is 0.122. The number of nitrogens with zero attached hydrogens (tertiary/aromatic N) is 2. The van der Waals surface area contributed by atoms with Crippen molar-refractivity contribution < 1.29 is 4.92 Å². The van der Waals surface area contributed by atoms with Gasteiger partial charge in [0.25, 0.3) is 0 Å². The summed E-state index contributed by atoms with van der Waals surface area (Å²) in [6.07, 6.45) is 3.12. The summed E-state index contributed by atoms with van der Waals surface area (Å²) >= 11 is 5.81. The zero-order chi connectivity index (χ0) is 15.7. The Hall–Kier alpha value is -2.18. The molecule has 1 aromatic heterocycles. The number of anilines is 2. The van der Waals surface area contributed by atoms with E-state index in [4.69, 9.17) is 17.3 Å². The predicted molar refractivity (Wildman–Crippen MR) is 85.3 cm³/mol. The van der Waals surface area contributed by atoms with Crippen LogP contribution in [-0.4, -0.2) is 9.91 Å². The molecule has 2 aromatic rings. The van der Waals surface area contributed by atoms with Crippen LogP contribution in [0.15, 0.2) is 36.4 Å². The summed E-state index contributed by atoms with van der Waals surface area (Å²) in [5, 5.41) is 14.1. The van der Waals surface area contributed by atoms with Gasteiger partial charge in [-0.25, -0.2) is 4.98 Å². The highest BCUT2D eigenvalue weighted by Crippen LogP contribution is 2.39. The van der Waals surface area contributed by atoms with Crippen LogP contribution in [-0.2, 0) is 5.54 Å². The van der Waals surface area contributed by atoms with Crippen molar-refractivity contribution in [1.82, 2.24) is 4.98 Å². The van der Waals surface area contributed by atoms with E-state index in [2.05, 4.69) is 10.3 Å². The van der Waals surface area contributed by atoms with Gasteiger partial charge in [-0.2, -0.15) is 0 Å². The number of benzene rings is 1. The molecule has 0 bridgehead atoms. The topological polar surface area (TPSA) is 94.1 Å². The third-order valence-corrected chi connectivity index (χ3v) is 4.22. The first kappa shape index (κ1) is 14.7. The Bertz CT molecular complexity index is 714. The molecule has 1 aromatic carbocycles. The third kappa shape index (κ3) is 2.75. The van der Waals surface area contributed by atoms with Crippen LogP contribution in [0.25, 0.3) is 0 Å². The first-order chi connectivity index (χ1) is 10.5. The van der Waals surface area contributed by atoms with Crippen LogP contribution >= 0.6 is 11.6 Å². The molecule has 0 atom stereocenters. The second-order valence-electron chi connectivity index (χ2n) is 5.47. The quantitative estimate of drug-likeness (QED) is 0.509. The fraction of sp³-hybridized carbons (Fsp3) is 0.267. The average Bonchev–Trinajstić information content (AvgIpc) is 2.45. The maximum atomic E-state index is 11.0. The lowest BCUT2D eigenvalue weighted by Gasteiger charge is -2.38. The molecule has 0 aliphatic heterocycles. The lowest BCUT2D eigenvalue weighted by atomic mass is 9.73. The van der Waals surface area contributed by atoms with Gasteiger partial charge in [-0.3, -0.25) is 10.1 Å². The smallest absolute Gasteiger partial charge is 0.311 e. The van der Waals surface area contributed by atoms with Crippen LogP contribution in [0.2, 0.25) is 5.15 Å². The summed E-state index contributed by atoms with van der Waals surface area (Å²) in [6.45, 7) is 0. The number of rotatable bonds is 4. The maximum absolute atomic E-state index is 11.0. The Balaban J connectivity index is 1.84. The van der Waals surface area contributed by atoms with Crippen LogP contribution in [0, 0.1) is 10.1 Å². The molecule has 0 amide bonds. The number of nitro groups is 1. The van der Waals surface area contributed by atoms with Crippen molar-refractivity contribution in [2.45, 2.75) is 24.8 Å². The number of hydrogen-bond donors (Lipinski definition) is 2. The number of nitrogens with two attached hydrogens (primary N) is 1.